The van der Waals surface area contributed by atoms with E-state index in [1.54, 1.807) is 7.11 Å². The number of guanidine groups is 1. The Labute approximate surface area is 132 Å². The second-order valence-corrected chi connectivity index (χ2v) is 5.04. The summed E-state index contributed by atoms with van der Waals surface area (Å²) in [6.45, 7) is 2.61. The molecule has 0 bridgehead atoms. The van der Waals surface area contributed by atoms with Gasteiger partial charge in [-0.25, -0.2) is 0 Å². The molecule has 0 fully saturated rings. The van der Waals surface area contributed by atoms with Crippen molar-refractivity contribution >= 4 is 11.6 Å². The van der Waals surface area contributed by atoms with Crippen molar-refractivity contribution in [1.29, 1.82) is 0 Å². The largest absolute Gasteiger partial charge is 0.375 e. The zero-order valence-electron chi connectivity index (χ0n) is 13.1. The van der Waals surface area contributed by atoms with Gasteiger partial charge in [0.1, 0.15) is 6.10 Å². The van der Waals surface area contributed by atoms with Crippen molar-refractivity contribution in [2.24, 2.45) is 10.7 Å². The van der Waals surface area contributed by atoms with E-state index in [9.17, 15) is 0 Å². The molecule has 3 N–H and O–H groups in total. The fraction of sp³-hybridized carbons (Fsp3) is 0.278. The summed E-state index contributed by atoms with van der Waals surface area (Å²) in [6.07, 6.45) is 0.931. The lowest BCUT2D eigenvalue weighted by Gasteiger charge is -2.14. The van der Waals surface area contributed by atoms with E-state index in [1.165, 1.54) is 5.56 Å². The van der Waals surface area contributed by atoms with Crippen molar-refractivity contribution in [2.75, 3.05) is 19.0 Å². The molecule has 2 aromatic carbocycles. The highest BCUT2D eigenvalue weighted by atomic mass is 16.5. The maximum absolute atomic E-state index is 5.94. The van der Waals surface area contributed by atoms with Crippen molar-refractivity contribution in [3.8, 4) is 0 Å². The van der Waals surface area contributed by atoms with Crippen molar-refractivity contribution < 1.29 is 4.74 Å². The lowest BCUT2D eigenvalue weighted by atomic mass is 10.1. The van der Waals surface area contributed by atoms with E-state index >= 15 is 0 Å². The van der Waals surface area contributed by atoms with E-state index in [-0.39, 0.29) is 6.10 Å². The van der Waals surface area contributed by atoms with Gasteiger partial charge in [-0.15, -0.1) is 0 Å². The molecule has 0 radical (unpaired) electrons. The molecule has 0 heterocycles. The van der Waals surface area contributed by atoms with Crippen LogP contribution in [0, 0.1) is 0 Å². The molecular formula is C18H23N3O. The molecule has 0 aliphatic rings. The first-order valence-corrected chi connectivity index (χ1v) is 7.46. The number of hydrogen-bond donors (Lipinski definition) is 2. The van der Waals surface area contributed by atoms with Gasteiger partial charge in [0.05, 0.1) is 6.54 Å². The fourth-order valence-electron chi connectivity index (χ4n) is 2.18. The molecule has 2 rings (SSSR count). The highest BCUT2D eigenvalue weighted by Crippen LogP contribution is 2.16. The van der Waals surface area contributed by atoms with Crippen LogP contribution >= 0.6 is 0 Å². The van der Waals surface area contributed by atoms with Crippen LogP contribution in [0.1, 0.15) is 24.2 Å². The number of aryl methyl sites for hydroxylation is 1. The van der Waals surface area contributed by atoms with Gasteiger partial charge in [0.15, 0.2) is 5.96 Å². The third-order valence-corrected chi connectivity index (χ3v) is 3.52. The van der Waals surface area contributed by atoms with Gasteiger partial charge in [-0.1, -0.05) is 49.4 Å². The summed E-state index contributed by atoms with van der Waals surface area (Å²) in [6, 6.07) is 18.2. The van der Waals surface area contributed by atoms with Gasteiger partial charge in [0.25, 0.3) is 0 Å². The lowest BCUT2D eigenvalue weighted by Crippen LogP contribution is -2.23. The Morgan fingerprint density at radius 3 is 2.41 bits per heavy atom. The number of methoxy groups -OCH3 is 1. The molecular weight excluding hydrogens is 274 g/mol. The Hall–Kier alpha value is -2.33. The zero-order valence-corrected chi connectivity index (χ0v) is 13.1. The van der Waals surface area contributed by atoms with E-state index in [0.29, 0.717) is 12.5 Å². The third kappa shape index (κ3) is 4.60. The molecule has 0 amide bonds. The molecule has 0 aliphatic carbocycles. The van der Waals surface area contributed by atoms with Crippen LogP contribution in [0.15, 0.2) is 59.6 Å². The molecule has 0 saturated heterocycles. The normalized spacial score (nSPS) is 12.9. The topological polar surface area (TPSA) is 59.6 Å². The van der Waals surface area contributed by atoms with Crippen LogP contribution in [0.3, 0.4) is 0 Å². The molecule has 2 aromatic rings. The molecule has 22 heavy (non-hydrogen) atoms. The number of hydrogen-bond acceptors (Lipinski definition) is 2. The molecule has 4 heteroatoms. The SMILES string of the molecule is CCc1ccc(NC(N)=NCC(OC)c2ccccc2)cc1. The molecule has 1 atom stereocenters. The second-order valence-electron chi connectivity index (χ2n) is 5.04. The average molecular weight is 297 g/mol. The monoisotopic (exact) mass is 297 g/mol. The van der Waals surface area contributed by atoms with Crippen LogP contribution in [0.5, 0.6) is 0 Å². The van der Waals surface area contributed by atoms with Crippen molar-refractivity contribution in [1.82, 2.24) is 0 Å². The van der Waals surface area contributed by atoms with Gasteiger partial charge < -0.3 is 15.8 Å². The van der Waals surface area contributed by atoms with Crippen LogP contribution in [-0.4, -0.2) is 19.6 Å². The number of nitrogens with one attached hydrogen (secondary N) is 1. The maximum Gasteiger partial charge on any atom is 0.193 e. The summed E-state index contributed by atoms with van der Waals surface area (Å²) in [5.74, 6) is 0.391. The van der Waals surface area contributed by atoms with Gasteiger partial charge in [0.2, 0.25) is 0 Å². The van der Waals surface area contributed by atoms with Crippen LogP contribution in [0.25, 0.3) is 0 Å². The zero-order chi connectivity index (χ0) is 15.8. The number of nitrogens with two attached hydrogens (primary N) is 1. The second kappa shape index (κ2) is 8.20. The Bertz CT molecular complexity index is 593. The highest BCUT2D eigenvalue weighted by Gasteiger charge is 2.09. The van der Waals surface area contributed by atoms with Gasteiger partial charge in [-0.2, -0.15) is 0 Å². The van der Waals surface area contributed by atoms with Crippen molar-refractivity contribution in [2.45, 2.75) is 19.4 Å². The predicted molar refractivity (Wildman–Crippen MR) is 92.1 cm³/mol. The average Bonchev–Trinajstić information content (AvgIpc) is 2.57. The molecule has 116 valence electrons. The summed E-state index contributed by atoms with van der Waals surface area (Å²) in [7, 11) is 1.68. The Balaban J connectivity index is 1.96. The number of ether oxygens (including phenoxy) is 1. The van der Waals surface area contributed by atoms with Gasteiger partial charge >= 0.3 is 0 Å². The van der Waals surface area contributed by atoms with Crippen LogP contribution in [0.4, 0.5) is 5.69 Å². The number of benzene rings is 2. The molecule has 0 saturated carbocycles. The molecule has 0 spiro atoms. The highest BCUT2D eigenvalue weighted by molar-refractivity contribution is 5.92. The Morgan fingerprint density at radius 2 is 1.82 bits per heavy atom. The molecule has 1 unspecified atom stereocenters. The van der Waals surface area contributed by atoms with Gasteiger partial charge in [-0.05, 0) is 29.7 Å². The lowest BCUT2D eigenvalue weighted by molar-refractivity contribution is 0.111. The minimum atomic E-state index is -0.0935. The number of anilines is 1. The van der Waals surface area contributed by atoms with Crippen LogP contribution in [-0.2, 0) is 11.2 Å². The van der Waals surface area contributed by atoms with E-state index in [1.807, 2.05) is 42.5 Å². The summed E-state index contributed by atoms with van der Waals surface area (Å²) in [5, 5.41) is 3.10. The van der Waals surface area contributed by atoms with Gasteiger partial charge in [-0.3, -0.25) is 4.99 Å². The van der Waals surface area contributed by atoms with E-state index < -0.39 is 0 Å². The number of rotatable bonds is 6. The van der Waals surface area contributed by atoms with E-state index in [4.69, 9.17) is 10.5 Å². The van der Waals surface area contributed by atoms with Crippen LogP contribution in [0.2, 0.25) is 0 Å². The number of nitrogens with zero attached hydrogens (tertiary/aromatic N) is 1. The first kappa shape index (κ1) is 16.0. The Morgan fingerprint density at radius 1 is 1.14 bits per heavy atom. The third-order valence-electron chi connectivity index (χ3n) is 3.52. The smallest absolute Gasteiger partial charge is 0.193 e. The standard InChI is InChI=1S/C18H23N3O/c1-3-14-9-11-16(12-10-14)21-18(19)20-13-17(22-2)15-7-5-4-6-8-15/h4-12,17H,3,13H2,1-2H3,(H3,19,20,21). The quantitative estimate of drug-likeness (QED) is 0.635. The summed E-state index contributed by atoms with van der Waals surface area (Å²) in [5.41, 5.74) is 9.27. The van der Waals surface area contributed by atoms with E-state index in [2.05, 4.69) is 29.4 Å². The van der Waals surface area contributed by atoms with Crippen molar-refractivity contribution in [3.63, 3.8) is 0 Å². The molecule has 0 aliphatic heterocycles. The summed E-state index contributed by atoms with van der Waals surface area (Å²) >= 11 is 0. The predicted octanol–water partition coefficient (Wildman–Crippen LogP) is 3.36. The summed E-state index contributed by atoms with van der Waals surface area (Å²) in [4.78, 5) is 4.37. The van der Waals surface area contributed by atoms with Crippen molar-refractivity contribution in [3.05, 3.63) is 65.7 Å². The minimum Gasteiger partial charge on any atom is -0.375 e. The molecule has 0 aromatic heterocycles. The Kier molecular flexibility index (Phi) is 5.98. The minimum absolute atomic E-state index is 0.0935. The fourth-order valence-corrected chi connectivity index (χ4v) is 2.18. The van der Waals surface area contributed by atoms with E-state index in [0.717, 1.165) is 17.7 Å². The number of aliphatic imine (C=N–C) groups is 1. The first-order chi connectivity index (χ1) is 10.7. The maximum atomic E-state index is 5.94. The summed E-state index contributed by atoms with van der Waals surface area (Å²) < 4.78 is 5.48. The molecule has 4 nitrogen and oxygen atoms in total. The van der Waals surface area contributed by atoms with Gasteiger partial charge in [0, 0.05) is 12.8 Å². The first-order valence-electron chi connectivity index (χ1n) is 7.46. The van der Waals surface area contributed by atoms with Crippen LogP contribution < -0.4 is 11.1 Å².